The molecule has 0 heterocycles. The Morgan fingerprint density at radius 1 is 0.972 bits per heavy atom. The topological polar surface area (TPSA) is 194 Å². The SMILES string of the molecule is CCC(C)C(NC(=O)C(Cc1ccccc1)NC(=O)C(N)CCSC)C(=O)NC(CC(N)=O)C(=O)O. The summed E-state index contributed by atoms with van der Waals surface area (Å²) in [4.78, 5) is 61.6. The summed E-state index contributed by atoms with van der Waals surface area (Å²) in [6.45, 7) is 3.53. The molecule has 8 N–H and O–H groups in total. The van der Waals surface area contributed by atoms with Crippen molar-refractivity contribution < 1.29 is 29.1 Å². The molecule has 11 nitrogen and oxygen atoms in total. The lowest BCUT2D eigenvalue weighted by Crippen LogP contribution is -2.59. The highest BCUT2D eigenvalue weighted by Gasteiger charge is 2.33. The van der Waals surface area contributed by atoms with Crippen LogP contribution in [0.25, 0.3) is 0 Å². The van der Waals surface area contributed by atoms with Crippen LogP contribution < -0.4 is 27.4 Å². The number of carbonyl (C=O) groups excluding carboxylic acids is 4. The van der Waals surface area contributed by atoms with Gasteiger partial charge in [-0.2, -0.15) is 11.8 Å². The smallest absolute Gasteiger partial charge is 0.326 e. The lowest BCUT2D eigenvalue weighted by molar-refractivity contribution is -0.144. The molecule has 5 unspecified atom stereocenters. The largest absolute Gasteiger partial charge is 0.480 e. The van der Waals surface area contributed by atoms with Gasteiger partial charge in [0, 0.05) is 6.42 Å². The number of carboxylic acids is 1. The summed E-state index contributed by atoms with van der Waals surface area (Å²) in [5.74, 6) is -3.90. The predicted molar refractivity (Wildman–Crippen MR) is 138 cm³/mol. The summed E-state index contributed by atoms with van der Waals surface area (Å²) in [7, 11) is 0. The van der Waals surface area contributed by atoms with Crippen molar-refractivity contribution in [2.75, 3.05) is 12.0 Å². The van der Waals surface area contributed by atoms with Crippen LogP contribution in [0.15, 0.2) is 30.3 Å². The monoisotopic (exact) mass is 523 g/mol. The number of rotatable bonds is 16. The standard InChI is InChI=1S/C24H37N5O6S/c1-4-14(2)20(23(33)28-18(24(34)35)13-19(26)30)29-22(32)17(12-15-8-6-5-7-9-15)27-21(31)16(25)10-11-36-3/h5-9,14,16-18,20H,4,10-13,25H2,1-3H3,(H2,26,30)(H,27,31)(H,28,33)(H,29,32)(H,34,35). The van der Waals surface area contributed by atoms with E-state index in [9.17, 15) is 29.1 Å². The molecule has 12 heteroatoms. The van der Waals surface area contributed by atoms with Crippen LogP contribution >= 0.6 is 11.8 Å². The van der Waals surface area contributed by atoms with Gasteiger partial charge in [-0.15, -0.1) is 0 Å². The molecule has 36 heavy (non-hydrogen) atoms. The number of thioether (sulfide) groups is 1. The Morgan fingerprint density at radius 2 is 1.58 bits per heavy atom. The Bertz CT molecular complexity index is 900. The van der Waals surface area contributed by atoms with E-state index in [1.54, 1.807) is 43.0 Å². The number of carbonyl (C=O) groups is 5. The Kier molecular flexibility index (Phi) is 13.6. The highest BCUT2D eigenvalue weighted by molar-refractivity contribution is 7.98. The molecule has 0 saturated carbocycles. The fraction of sp³-hybridized carbons (Fsp3) is 0.542. The minimum absolute atomic E-state index is 0.155. The van der Waals surface area contributed by atoms with Crippen molar-refractivity contribution in [2.24, 2.45) is 17.4 Å². The molecule has 4 amide bonds. The summed E-state index contributed by atoms with van der Waals surface area (Å²) in [6, 6.07) is 4.56. The van der Waals surface area contributed by atoms with E-state index >= 15 is 0 Å². The first-order chi connectivity index (χ1) is 17.0. The fourth-order valence-corrected chi connectivity index (χ4v) is 3.82. The summed E-state index contributed by atoms with van der Waals surface area (Å²) >= 11 is 1.55. The maximum absolute atomic E-state index is 13.3. The predicted octanol–water partition coefficient (Wildman–Crippen LogP) is -0.230. The van der Waals surface area contributed by atoms with Crippen molar-refractivity contribution in [2.45, 2.75) is 63.7 Å². The number of amides is 4. The number of hydrogen-bond acceptors (Lipinski definition) is 7. The zero-order valence-corrected chi connectivity index (χ0v) is 21.7. The third-order valence-electron chi connectivity index (χ3n) is 5.70. The quantitative estimate of drug-likeness (QED) is 0.171. The zero-order chi connectivity index (χ0) is 27.3. The highest BCUT2D eigenvalue weighted by atomic mass is 32.2. The zero-order valence-electron chi connectivity index (χ0n) is 20.9. The van der Waals surface area contributed by atoms with E-state index in [1.165, 1.54) is 0 Å². The van der Waals surface area contributed by atoms with Crippen LogP contribution in [0.5, 0.6) is 0 Å². The van der Waals surface area contributed by atoms with Crippen molar-refractivity contribution in [1.29, 1.82) is 0 Å². The molecule has 1 aromatic rings. The number of nitrogens with two attached hydrogens (primary N) is 2. The fourth-order valence-electron chi connectivity index (χ4n) is 3.33. The molecular weight excluding hydrogens is 486 g/mol. The van der Waals surface area contributed by atoms with Gasteiger partial charge in [0.1, 0.15) is 18.1 Å². The summed E-state index contributed by atoms with van der Waals surface area (Å²) < 4.78 is 0. The van der Waals surface area contributed by atoms with Crippen LogP contribution in [0.2, 0.25) is 0 Å². The molecule has 0 aromatic heterocycles. The average molecular weight is 524 g/mol. The number of aliphatic carboxylic acids is 1. The van der Waals surface area contributed by atoms with Crippen LogP contribution in [0.1, 0.15) is 38.7 Å². The Labute approximate surface area is 215 Å². The van der Waals surface area contributed by atoms with Crippen molar-refractivity contribution in [3.63, 3.8) is 0 Å². The summed E-state index contributed by atoms with van der Waals surface area (Å²) in [5, 5.41) is 16.9. The van der Waals surface area contributed by atoms with Crippen LogP contribution in [-0.2, 0) is 30.4 Å². The van der Waals surface area contributed by atoms with Crippen LogP contribution in [-0.4, -0.2) is 70.9 Å². The van der Waals surface area contributed by atoms with Gasteiger partial charge >= 0.3 is 5.97 Å². The van der Waals surface area contributed by atoms with Gasteiger partial charge in [-0.05, 0) is 29.9 Å². The molecule has 0 aliphatic carbocycles. The minimum Gasteiger partial charge on any atom is -0.480 e. The van der Waals surface area contributed by atoms with Crippen molar-refractivity contribution in [3.05, 3.63) is 35.9 Å². The van der Waals surface area contributed by atoms with Crippen molar-refractivity contribution in [1.82, 2.24) is 16.0 Å². The maximum atomic E-state index is 13.3. The van der Waals surface area contributed by atoms with Crippen molar-refractivity contribution >= 4 is 41.4 Å². The molecule has 0 saturated heterocycles. The third-order valence-corrected chi connectivity index (χ3v) is 6.34. The number of benzene rings is 1. The molecule has 1 aromatic carbocycles. The van der Waals surface area contributed by atoms with E-state index < -0.39 is 60.2 Å². The molecular formula is C24H37N5O6S. The second-order valence-electron chi connectivity index (χ2n) is 8.58. The number of hydrogen-bond donors (Lipinski definition) is 6. The third kappa shape index (κ3) is 10.6. The Balaban J connectivity index is 3.11. The van der Waals surface area contributed by atoms with E-state index in [4.69, 9.17) is 11.5 Å². The van der Waals surface area contributed by atoms with Crippen LogP contribution in [0.4, 0.5) is 0 Å². The van der Waals surface area contributed by atoms with Gasteiger partial charge in [0.25, 0.3) is 0 Å². The molecule has 0 fully saturated rings. The Hall–Kier alpha value is -3.12. The molecule has 0 aliphatic rings. The molecule has 5 atom stereocenters. The Morgan fingerprint density at radius 3 is 2.11 bits per heavy atom. The van der Waals surface area contributed by atoms with E-state index in [2.05, 4.69) is 16.0 Å². The van der Waals surface area contributed by atoms with E-state index in [0.29, 0.717) is 18.6 Å². The molecule has 0 aliphatic heterocycles. The van der Waals surface area contributed by atoms with Gasteiger partial charge in [0.2, 0.25) is 23.6 Å². The summed E-state index contributed by atoms with van der Waals surface area (Å²) in [5.41, 5.74) is 11.8. The first-order valence-electron chi connectivity index (χ1n) is 11.7. The van der Waals surface area contributed by atoms with Gasteiger partial charge in [0.15, 0.2) is 0 Å². The second kappa shape index (κ2) is 15.8. The molecule has 0 radical (unpaired) electrons. The van der Waals surface area contributed by atoms with Gasteiger partial charge in [-0.1, -0.05) is 50.6 Å². The van der Waals surface area contributed by atoms with Crippen LogP contribution in [0, 0.1) is 5.92 Å². The lowest BCUT2D eigenvalue weighted by atomic mass is 9.96. The maximum Gasteiger partial charge on any atom is 0.326 e. The van der Waals surface area contributed by atoms with Gasteiger partial charge in [-0.3, -0.25) is 19.2 Å². The van der Waals surface area contributed by atoms with Gasteiger partial charge < -0.3 is 32.5 Å². The average Bonchev–Trinajstić information content (AvgIpc) is 2.84. The second-order valence-corrected chi connectivity index (χ2v) is 9.57. The number of carboxylic acid groups (broad SMARTS) is 1. The van der Waals surface area contributed by atoms with Crippen molar-refractivity contribution in [3.8, 4) is 0 Å². The first kappa shape index (κ1) is 30.9. The minimum atomic E-state index is -1.53. The highest BCUT2D eigenvalue weighted by Crippen LogP contribution is 2.11. The van der Waals surface area contributed by atoms with Gasteiger partial charge in [0.05, 0.1) is 12.5 Å². The van der Waals surface area contributed by atoms with Crippen LogP contribution in [0.3, 0.4) is 0 Å². The number of nitrogens with one attached hydrogen (secondary N) is 3. The summed E-state index contributed by atoms with van der Waals surface area (Å²) in [6.07, 6.45) is 2.38. The molecule has 200 valence electrons. The molecule has 0 bridgehead atoms. The molecule has 0 spiro atoms. The lowest BCUT2D eigenvalue weighted by Gasteiger charge is -2.28. The normalized spacial score (nSPS) is 15.0. The molecule has 1 rings (SSSR count). The first-order valence-corrected chi connectivity index (χ1v) is 13.1. The van der Waals surface area contributed by atoms with E-state index in [-0.39, 0.29) is 12.3 Å². The van der Waals surface area contributed by atoms with E-state index in [0.717, 1.165) is 5.56 Å². The number of primary amides is 1. The van der Waals surface area contributed by atoms with E-state index in [1.807, 2.05) is 19.2 Å². The van der Waals surface area contributed by atoms with Gasteiger partial charge in [-0.25, -0.2) is 4.79 Å².